The van der Waals surface area contributed by atoms with E-state index in [-0.39, 0.29) is 0 Å². The quantitative estimate of drug-likeness (QED) is 0.808. The first-order chi connectivity index (χ1) is 9.29. The number of hydrogen-bond donors (Lipinski definition) is 1. The molecule has 0 heterocycles. The van der Waals surface area contributed by atoms with E-state index < -0.39 is 0 Å². The third-order valence-electron chi connectivity index (χ3n) is 4.17. The Morgan fingerprint density at radius 1 is 1.16 bits per heavy atom. The fourth-order valence-corrected chi connectivity index (χ4v) is 3.13. The maximum atomic E-state index is 3.43. The second kappa shape index (κ2) is 7.66. The molecule has 1 saturated carbocycles. The monoisotopic (exact) mass is 260 g/mol. The van der Waals surface area contributed by atoms with Crippen molar-refractivity contribution in [2.45, 2.75) is 45.7 Å². The van der Waals surface area contributed by atoms with Gasteiger partial charge < -0.3 is 10.2 Å². The molecular weight excluding hydrogens is 232 g/mol. The van der Waals surface area contributed by atoms with Crippen LogP contribution in [0, 0.1) is 5.92 Å². The van der Waals surface area contributed by atoms with Gasteiger partial charge in [0, 0.05) is 19.6 Å². The molecular formula is C17H28N2. The highest BCUT2D eigenvalue weighted by Gasteiger charge is 2.17. The number of hydrogen-bond acceptors (Lipinski definition) is 2. The summed E-state index contributed by atoms with van der Waals surface area (Å²) in [7, 11) is 2.27. The van der Waals surface area contributed by atoms with Gasteiger partial charge in [-0.25, -0.2) is 0 Å². The normalized spacial score (nSPS) is 16.4. The van der Waals surface area contributed by atoms with Crippen molar-refractivity contribution >= 4 is 0 Å². The van der Waals surface area contributed by atoms with Gasteiger partial charge in [-0.2, -0.15) is 0 Å². The number of nitrogens with zero attached hydrogens (tertiary/aromatic N) is 1. The predicted octanol–water partition coefficient (Wildman–Crippen LogP) is 3.42. The fourth-order valence-electron chi connectivity index (χ4n) is 3.13. The molecule has 1 fully saturated rings. The van der Waals surface area contributed by atoms with Crippen molar-refractivity contribution in [3.05, 3.63) is 35.4 Å². The average Bonchev–Trinajstić information content (AvgIpc) is 2.90. The molecule has 0 saturated heterocycles. The van der Waals surface area contributed by atoms with Crippen LogP contribution in [0.5, 0.6) is 0 Å². The van der Waals surface area contributed by atoms with Gasteiger partial charge in [-0.1, -0.05) is 44.0 Å². The molecule has 1 aliphatic rings. The molecule has 1 aliphatic carbocycles. The lowest BCUT2D eigenvalue weighted by Crippen LogP contribution is -2.25. The van der Waals surface area contributed by atoms with E-state index in [1.165, 1.54) is 43.4 Å². The second-order valence-corrected chi connectivity index (χ2v) is 5.90. The molecule has 19 heavy (non-hydrogen) atoms. The summed E-state index contributed by atoms with van der Waals surface area (Å²) in [4.78, 5) is 2.50. The topological polar surface area (TPSA) is 15.3 Å². The third-order valence-corrected chi connectivity index (χ3v) is 4.17. The highest BCUT2D eigenvalue weighted by Crippen LogP contribution is 2.25. The van der Waals surface area contributed by atoms with E-state index in [9.17, 15) is 0 Å². The minimum atomic E-state index is 0.936. The Morgan fingerprint density at radius 3 is 2.53 bits per heavy atom. The molecule has 0 aliphatic heterocycles. The van der Waals surface area contributed by atoms with Gasteiger partial charge in [0.2, 0.25) is 0 Å². The molecule has 1 N–H and O–H groups in total. The molecule has 0 radical (unpaired) electrons. The van der Waals surface area contributed by atoms with Gasteiger partial charge in [-0.15, -0.1) is 0 Å². The summed E-state index contributed by atoms with van der Waals surface area (Å²) in [6.45, 7) is 6.53. The maximum absolute atomic E-state index is 3.43. The zero-order valence-electron chi connectivity index (χ0n) is 12.5. The number of nitrogens with one attached hydrogen (secondary N) is 1. The van der Waals surface area contributed by atoms with E-state index in [1.807, 2.05) is 0 Å². The van der Waals surface area contributed by atoms with Crippen LogP contribution in [0.3, 0.4) is 0 Å². The van der Waals surface area contributed by atoms with Crippen LogP contribution >= 0.6 is 0 Å². The summed E-state index contributed by atoms with van der Waals surface area (Å²) in [5, 5.41) is 3.43. The summed E-state index contributed by atoms with van der Waals surface area (Å²) in [5.74, 6) is 0.936. The Balaban J connectivity index is 1.89. The fraction of sp³-hybridized carbons (Fsp3) is 0.647. The minimum absolute atomic E-state index is 0.936. The predicted molar refractivity (Wildman–Crippen MR) is 82.1 cm³/mol. The van der Waals surface area contributed by atoms with Gasteiger partial charge in [0.1, 0.15) is 0 Å². The SMILES string of the molecule is CCNCc1ccccc1CN(C)CC1CCCC1. The molecule has 0 bridgehead atoms. The van der Waals surface area contributed by atoms with Gasteiger partial charge in [0.05, 0.1) is 0 Å². The average molecular weight is 260 g/mol. The lowest BCUT2D eigenvalue weighted by atomic mass is 10.1. The molecule has 2 rings (SSSR count). The van der Waals surface area contributed by atoms with Crippen LogP contribution < -0.4 is 5.32 Å². The summed E-state index contributed by atoms with van der Waals surface area (Å²) in [5.41, 5.74) is 2.92. The van der Waals surface area contributed by atoms with E-state index in [0.717, 1.165) is 25.6 Å². The first kappa shape index (κ1) is 14.5. The van der Waals surface area contributed by atoms with Crippen LogP contribution in [0.15, 0.2) is 24.3 Å². The second-order valence-electron chi connectivity index (χ2n) is 5.90. The number of rotatable bonds is 7. The first-order valence-electron chi connectivity index (χ1n) is 7.75. The van der Waals surface area contributed by atoms with Gasteiger partial charge in [0.15, 0.2) is 0 Å². The largest absolute Gasteiger partial charge is 0.313 e. The Morgan fingerprint density at radius 2 is 1.84 bits per heavy atom. The van der Waals surface area contributed by atoms with Crippen molar-refractivity contribution in [1.82, 2.24) is 10.2 Å². The highest BCUT2D eigenvalue weighted by atomic mass is 15.1. The van der Waals surface area contributed by atoms with Crippen LogP contribution in [-0.4, -0.2) is 25.0 Å². The van der Waals surface area contributed by atoms with E-state index >= 15 is 0 Å². The van der Waals surface area contributed by atoms with Crippen molar-refractivity contribution in [3.63, 3.8) is 0 Å². The summed E-state index contributed by atoms with van der Waals surface area (Å²) >= 11 is 0. The number of benzene rings is 1. The van der Waals surface area contributed by atoms with Gasteiger partial charge in [-0.05, 0) is 43.5 Å². The third kappa shape index (κ3) is 4.63. The van der Waals surface area contributed by atoms with Crippen molar-refractivity contribution < 1.29 is 0 Å². The van der Waals surface area contributed by atoms with Crippen molar-refractivity contribution in [2.75, 3.05) is 20.1 Å². The van der Waals surface area contributed by atoms with Crippen LogP contribution in [0.2, 0.25) is 0 Å². The molecule has 1 aromatic rings. The van der Waals surface area contributed by atoms with Crippen LogP contribution in [0.1, 0.15) is 43.7 Å². The van der Waals surface area contributed by atoms with E-state index in [4.69, 9.17) is 0 Å². The molecule has 0 spiro atoms. The summed E-state index contributed by atoms with van der Waals surface area (Å²) in [6.07, 6.45) is 5.75. The Hall–Kier alpha value is -0.860. The zero-order valence-corrected chi connectivity index (χ0v) is 12.5. The Bertz CT molecular complexity index is 369. The Kier molecular flexibility index (Phi) is 5.87. The van der Waals surface area contributed by atoms with Gasteiger partial charge >= 0.3 is 0 Å². The van der Waals surface area contributed by atoms with Crippen molar-refractivity contribution in [2.24, 2.45) is 5.92 Å². The minimum Gasteiger partial charge on any atom is -0.313 e. The van der Waals surface area contributed by atoms with E-state index in [0.29, 0.717) is 0 Å². The molecule has 2 nitrogen and oxygen atoms in total. The van der Waals surface area contributed by atoms with Crippen molar-refractivity contribution in [3.8, 4) is 0 Å². The standard InChI is InChI=1S/C17H28N2/c1-3-18-12-16-10-6-7-11-17(16)14-19(2)13-15-8-4-5-9-15/h6-7,10-11,15,18H,3-5,8-9,12-14H2,1-2H3. The molecule has 1 aromatic carbocycles. The summed E-state index contributed by atoms with van der Waals surface area (Å²) in [6, 6.07) is 8.83. The molecule has 0 amide bonds. The van der Waals surface area contributed by atoms with Crippen LogP contribution in [-0.2, 0) is 13.1 Å². The molecule has 0 unspecified atom stereocenters. The smallest absolute Gasteiger partial charge is 0.0234 e. The maximum Gasteiger partial charge on any atom is 0.0234 e. The lowest BCUT2D eigenvalue weighted by molar-refractivity contribution is 0.270. The van der Waals surface area contributed by atoms with Crippen LogP contribution in [0.25, 0.3) is 0 Å². The van der Waals surface area contributed by atoms with E-state index in [1.54, 1.807) is 0 Å². The highest BCUT2D eigenvalue weighted by molar-refractivity contribution is 5.26. The van der Waals surface area contributed by atoms with Crippen LogP contribution in [0.4, 0.5) is 0 Å². The van der Waals surface area contributed by atoms with Crippen molar-refractivity contribution in [1.29, 1.82) is 0 Å². The van der Waals surface area contributed by atoms with E-state index in [2.05, 4.69) is 48.5 Å². The van der Waals surface area contributed by atoms with Gasteiger partial charge in [0.25, 0.3) is 0 Å². The lowest BCUT2D eigenvalue weighted by Gasteiger charge is -2.22. The summed E-state index contributed by atoms with van der Waals surface area (Å²) < 4.78 is 0. The molecule has 2 heteroatoms. The van der Waals surface area contributed by atoms with Gasteiger partial charge in [-0.3, -0.25) is 0 Å². The molecule has 106 valence electrons. The Labute approximate surface area is 118 Å². The zero-order chi connectivity index (χ0) is 13.5. The first-order valence-corrected chi connectivity index (χ1v) is 7.75. The molecule has 0 atom stereocenters. The molecule has 0 aromatic heterocycles.